The summed E-state index contributed by atoms with van der Waals surface area (Å²) in [4.78, 5) is 14.6. The lowest BCUT2D eigenvalue weighted by Gasteiger charge is -2.17. The molecule has 0 amide bonds. The summed E-state index contributed by atoms with van der Waals surface area (Å²) >= 11 is 0. The molecule has 0 saturated heterocycles. The molecule has 1 aromatic rings. The molecule has 1 aromatic heterocycles. The highest BCUT2D eigenvalue weighted by molar-refractivity contribution is 5.75. The van der Waals surface area contributed by atoms with Crippen molar-refractivity contribution in [1.29, 1.82) is 0 Å². The van der Waals surface area contributed by atoms with E-state index in [1.807, 2.05) is 0 Å². The average molecular weight is 245 g/mol. The van der Waals surface area contributed by atoms with E-state index in [2.05, 4.69) is 9.72 Å². The molecule has 1 rings (SSSR count). The van der Waals surface area contributed by atoms with Crippen molar-refractivity contribution in [2.24, 2.45) is 0 Å². The monoisotopic (exact) mass is 245 g/mol. The van der Waals surface area contributed by atoms with Gasteiger partial charge < -0.3 is 19.7 Å². The van der Waals surface area contributed by atoms with Crippen LogP contribution in [0.25, 0.3) is 0 Å². The molecule has 0 spiro atoms. The fraction of sp³-hybridized carbons (Fsp3) is 0.400. The maximum absolute atomic E-state index is 13.0. The standard InChI is InChI=1S/C10H12FNO5/c1-16-9-6(3-5(11)4-12-9)7(13)8(14)10(15)17-2/h3-4,7-8,13-14H,1-2H3. The SMILES string of the molecule is COC(=O)C(O)C(O)c1cc(F)cnc1OC. The lowest BCUT2D eigenvalue weighted by molar-refractivity contribution is -0.156. The molecule has 2 N–H and O–H groups in total. The number of ether oxygens (including phenoxy) is 2. The Labute approximate surface area is 96.6 Å². The Bertz CT molecular complexity index is 412. The predicted octanol–water partition coefficient (Wildman–Crippen LogP) is -0.203. The van der Waals surface area contributed by atoms with Gasteiger partial charge in [-0.2, -0.15) is 0 Å². The molecule has 17 heavy (non-hydrogen) atoms. The number of methoxy groups -OCH3 is 2. The lowest BCUT2D eigenvalue weighted by Crippen LogP contribution is -2.29. The van der Waals surface area contributed by atoms with Crippen LogP contribution in [0, 0.1) is 5.82 Å². The van der Waals surface area contributed by atoms with Gasteiger partial charge in [-0.15, -0.1) is 0 Å². The molecular weight excluding hydrogens is 233 g/mol. The lowest BCUT2D eigenvalue weighted by atomic mass is 10.1. The Morgan fingerprint density at radius 2 is 2.12 bits per heavy atom. The minimum absolute atomic E-state index is 0.0816. The molecular formula is C10H12FNO5. The van der Waals surface area contributed by atoms with Gasteiger partial charge in [0.2, 0.25) is 5.88 Å². The van der Waals surface area contributed by atoms with Crippen molar-refractivity contribution in [3.05, 3.63) is 23.6 Å². The molecule has 6 nitrogen and oxygen atoms in total. The number of carbonyl (C=O) groups is 1. The number of esters is 1. The topological polar surface area (TPSA) is 88.9 Å². The molecule has 7 heteroatoms. The van der Waals surface area contributed by atoms with Crippen molar-refractivity contribution in [2.45, 2.75) is 12.2 Å². The van der Waals surface area contributed by atoms with Crippen molar-refractivity contribution in [1.82, 2.24) is 4.98 Å². The van der Waals surface area contributed by atoms with E-state index in [-0.39, 0.29) is 11.4 Å². The smallest absolute Gasteiger partial charge is 0.337 e. The highest BCUT2D eigenvalue weighted by Gasteiger charge is 2.29. The summed E-state index contributed by atoms with van der Waals surface area (Å²) in [6.45, 7) is 0. The van der Waals surface area contributed by atoms with Crippen LogP contribution in [0.1, 0.15) is 11.7 Å². The van der Waals surface area contributed by atoms with Gasteiger partial charge in [-0.25, -0.2) is 14.2 Å². The van der Waals surface area contributed by atoms with Gasteiger partial charge in [0.1, 0.15) is 11.9 Å². The Morgan fingerprint density at radius 3 is 2.65 bits per heavy atom. The molecule has 0 radical (unpaired) electrons. The second-order valence-electron chi connectivity index (χ2n) is 3.16. The highest BCUT2D eigenvalue weighted by Crippen LogP contribution is 2.26. The van der Waals surface area contributed by atoms with Crippen LogP contribution in [0.3, 0.4) is 0 Å². The first-order valence-corrected chi connectivity index (χ1v) is 4.64. The second kappa shape index (κ2) is 5.55. The minimum atomic E-state index is -1.84. The second-order valence-corrected chi connectivity index (χ2v) is 3.16. The van der Waals surface area contributed by atoms with E-state index < -0.39 is 24.0 Å². The van der Waals surface area contributed by atoms with Crippen LogP contribution in [-0.2, 0) is 9.53 Å². The summed E-state index contributed by atoms with van der Waals surface area (Å²) in [7, 11) is 2.32. The van der Waals surface area contributed by atoms with E-state index in [9.17, 15) is 19.4 Å². The average Bonchev–Trinajstić information content (AvgIpc) is 2.35. The summed E-state index contributed by atoms with van der Waals surface area (Å²) in [6.07, 6.45) is -2.63. The Hall–Kier alpha value is -1.73. The molecule has 94 valence electrons. The fourth-order valence-corrected chi connectivity index (χ4v) is 1.24. The molecule has 2 unspecified atom stereocenters. The van der Waals surface area contributed by atoms with Crippen LogP contribution in [-0.4, -0.2) is 41.5 Å². The van der Waals surface area contributed by atoms with Gasteiger partial charge in [0.25, 0.3) is 0 Å². The number of nitrogens with zero attached hydrogens (tertiary/aromatic N) is 1. The molecule has 0 aromatic carbocycles. The zero-order chi connectivity index (χ0) is 13.0. The van der Waals surface area contributed by atoms with E-state index in [0.717, 1.165) is 19.4 Å². The van der Waals surface area contributed by atoms with Gasteiger partial charge in [0, 0.05) is 5.56 Å². The third-order valence-corrected chi connectivity index (χ3v) is 2.10. The van der Waals surface area contributed by atoms with Crippen molar-refractivity contribution in [2.75, 3.05) is 14.2 Å². The first kappa shape index (κ1) is 13.3. The number of hydrogen-bond donors (Lipinski definition) is 2. The molecule has 0 bridgehead atoms. The predicted molar refractivity (Wildman–Crippen MR) is 53.7 cm³/mol. The summed E-state index contributed by atoms with van der Waals surface area (Å²) in [5.41, 5.74) is -0.134. The van der Waals surface area contributed by atoms with Gasteiger partial charge in [-0.3, -0.25) is 0 Å². The molecule has 0 aliphatic heterocycles. The highest BCUT2D eigenvalue weighted by atomic mass is 19.1. The third-order valence-electron chi connectivity index (χ3n) is 2.10. The van der Waals surface area contributed by atoms with Crippen LogP contribution < -0.4 is 4.74 Å². The normalized spacial score (nSPS) is 13.9. The van der Waals surface area contributed by atoms with E-state index in [4.69, 9.17) is 4.74 Å². The number of pyridine rings is 1. The third kappa shape index (κ3) is 2.89. The minimum Gasteiger partial charge on any atom is -0.481 e. The van der Waals surface area contributed by atoms with E-state index in [1.54, 1.807) is 0 Å². The molecule has 0 fully saturated rings. The summed E-state index contributed by atoms with van der Waals surface area (Å²) < 4.78 is 22.0. The van der Waals surface area contributed by atoms with Crippen LogP contribution in [0.4, 0.5) is 4.39 Å². The van der Waals surface area contributed by atoms with Crippen LogP contribution in [0.15, 0.2) is 12.3 Å². The van der Waals surface area contributed by atoms with E-state index in [0.29, 0.717) is 0 Å². The maximum Gasteiger partial charge on any atom is 0.337 e. The number of carbonyl (C=O) groups excluding carboxylic acids is 1. The first-order valence-electron chi connectivity index (χ1n) is 4.64. The molecule has 2 atom stereocenters. The number of hydrogen-bond acceptors (Lipinski definition) is 6. The number of halogens is 1. The number of rotatable bonds is 4. The summed E-state index contributed by atoms with van der Waals surface area (Å²) in [6, 6.07) is 0.919. The number of aliphatic hydroxyl groups is 2. The summed E-state index contributed by atoms with van der Waals surface area (Å²) in [5, 5.41) is 19.1. The van der Waals surface area contributed by atoms with Crippen LogP contribution in [0.2, 0.25) is 0 Å². The zero-order valence-electron chi connectivity index (χ0n) is 9.25. The van der Waals surface area contributed by atoms with Gasteiger partial charge in [0.05, 0.1) is 20.4 Å². The van der Waals surface area contributed by atoms with Gasteiger partial charge in [-0.1, -0.05) is 0 Å². The van der Waals surface area contributed by atoms with Gasteiger partial charge >= 0.3 is 5.97 Å². The first-order chi connectivity index (χ1) is 8.01. The van der Waals surface area contributed by atoms with Gasteiger partial charge in [-0.05, 0) is 6.07 Å². The van der Waals surface area contributed by atoms with Crippen molar-refractivity contribution < 1.29 is 28.9 Å². The van der Waals surface area contributed by atoms with Crippen LogP contribution in [0.5, 0.6) is 5.88 Å². The zero-order valence-corrected chi connectivity index (χ0v) is 9.25. The molecule has 0 aliphatic rings. The van der Waals surface area contributed by atoms with Crippen LogP contribution >= 0.6 is 0 Å². The van der Waals surface area contributed by atoms with E-state index >= 15 is 0 Å². The van der Waals surface area contributed by atoms with Crippen molar-refractivity contribution >= 4 is 5.97 Å². The molecule has 0 aliphatic carbocycles. The van der Waals surface area contributed by atoms with Crippen molar-refractivity contribution in [3.63, 3.8) is 0 Å². The Kier molecular flexibility index (Phi) is 4.36. The number of aliphatic hydroxyl groups excluding tert-OH is 2. The largest absolute Gasteiger partial charge is 0.481 e. The molecule has 1 heterocycles. The maximum atomic E-state index is 13.0. The quantitative estimate of drug-likeness (QED) is 0.714. The molecule has 0 saturated carbocycles. The van der Waals surface area contributed by atoms with E-state index in [1.165, 1.54) is 7.11 Å². The summed E-state index contributed by atoms with van der Waals surface area (Å²) in [5.74, 6) is -1.84. The Balaban J connectivity index is 3.05. The van der Waals surface area contributed by atoms with Gasteiger partial charge in [0.15, 0.2) is 6.10 Å². The fourth-order valence-electron chi connectivity index (χ4n) is 1.24. The number of aromatic nitrogens is 1. The van der Waals surface area contributed by atoms with Crippen molar-refractivity contribution in [3.8, 4) is 5.88 Å². The Morgan fingerprint density at radius 1 is 1.47 bits per heavy atom.